The molecule has 1 aromatic carbocycles. The number of rotatable bonds is 3. The molecule has 106 valence electrons. The summed E-state index contributed by atoms with van der Waals surface area (Å²) >= 11 is 0. The highest BCUT2D eigenvalue weighted by atomic mass is 16.2. The zero-order valence-electron chi connectivity index (χ0n) is 11.9. The molecular weight excluding hydrogens is 254 g/mol. The summed E-state index contributed by atoms with van der Waals surface area (Å²) in [5.74, 6) is 0.280. The largest absolute Gasteiger partial charge is 0.368 e. The van der Waals surface area contributed by atoms with Crippen molar-refractivity contribution in [2.45, 2.75) is 13.8 Å². The van der Waals surface area contributed by atoms with Gasteiger partial charge in [0.05, 0.1) is 5.69 Å². The van der Waals surface area contributed by atoms with Crippen molar-refractivity contribution in [3.8, 4) is 0 Å². The van der Waals surface area contributed by atoms with E-state index in [-0.39, 0.29) is 11.8 Å². The monoisotopic (exact) mass is 273 g/mol. The van der Waals surface area contributed by atoms with Crippen LogP contribution in [-0.2, 0) is 9.59 Å². The Morgan fingerprint density at radius 3 is 2.25 bits per heavy atom. The maximum absolute atomic E-state index is 11.9. The fourth-order valence-electron chi connectivity index (χ4n) is 2.34. The van der Waals surface area contributed by atoms with Gasteiger partial charge in [0.2, 0.25) is 12.0 Å². The Kier molecular flexibility index (Phi) is 4.53. The van der Waals surface area contributed by atoms with Crippen LogP contribution in [0.25, 0.3) is 0 Å². The van der Waals surface area contributed by atoms with Gasteiger partial charge in [0, 0.05) is 37.8 Å². The fourth-order valence-corrected chi connectivity index (χ4v) is 2.34. The number of hydrogen-bond acceptors (Lipinski definition) is 4. The number of anilines is 1. The van der Waals surface area contributed by atoms with Gasteiger partial charge in [-0.15, -0.1) is 0 Å². The molecule has 1 aromatic rings. The van der Waals surface area contributed by atoms with Crippen molar-refractivity contribution >= 4 is 23.4 Å². The average Bonchev–Trinajstić information content (AvgIpc) is 2.48. The van der Waals surface area contributed by atoms with Gasteiger partial charge in [-0.05, 0) is 24.3 Å². The molecular formula is C15H19N3O2. The van der Waals surface area contributed by atoms with E-state index in [1.165, 1.54) is 6.08 Å². The van der Waals surface area contributed by atoms with Crippen LogP contribution in [0.4, 0.5) is 11.4 Å². The lowest BCUT2D eigenvalue weighted by atomic mass is 10.1. The van der Waals surface area contributed by atoms with Gasteiger partial charge in [-0.2, -0.15) is 4.99 Å². The van der Waals surface area contributed by atoms with Crippen molar-refractivity contribution in [3.63, 3.8) is 0 Å². The van der Waals surface area contributed by atoms with Crippen molar-refractivity contribution in [2.75, 3.05) is 31.1 Å². The number of aliphatic imine (C=N–C) groups is 1. The van der Waals surface area contributed by atoms with Crippen molar-refractivity contribution in [2.24, 2.45) is 10.9 Å². The van der Waals surface area contributed by atoms with E-state index < -0.39 is 0 Å². The number of nitrogens with zero attached hydrogens (tertiary/aromatic N) is 3. The number of piperazine rings is 1. The van der Waals surface area contributed by atoms with Crippen molar-refractivity contribution in [1.82, 2.24) is 4.90 Å². The van der Waals surface area contributed by atoms with E-state index in [9.17, 15) is 9.59 Å². The van der Waals surface area contributed by atoms with Gasteiger partial charge in [0.15, 0.2) is 0 Å². The Morgan fingerprint density at radius 1 is 1.15 bits per heavy atom. The third kappa shape index (κ3) is 3.25. The highest BCUT2D eigenvalue weighted by molar-refractivity contribution is 5.78. The van der Waals surface area contributed by atoms with Crippen LogP contribution in [0.1, 0.15) is 13.8 Å². The zero-order chi connectivity index (χ0) is 14.5. The molecule has 0 unspecified atom stereocenters. The molecule has 0 bridgehead atoms. The van der Waals surface area contributed by atoms with Gasteiger partial charge in [-0.1, -0.05) is 13.8 Å². The minimum atomic E-state index is 0.0574. The van der Waals surface area contributed by atoms with E-state index in [0.29, 0.717) is 5.69 Å². The lowest BCUT2D eigenvalue weighted by Gasteiger charge is -2.36. The molecule has 1 aliphatic heterocycles. The second kappa shape index (κ2) is 6.35. The van der Waals surface area contributed by atoms with E-state index in [0.717, 1.165) is 31.9 Å². The van der Waals surface area contributed by atoms with Crippen molar-refractivity contribution in [3.05, 3.63) is 24.3 Å². The van der Waals surface area contributed by atoms with Gasteiger partial charge >= 0.3 is 0 Å². The predicted molar refractivity (Wildman–Crippen MR) is 77.9 cm³/mol. The zero-order valence-corrected chi connectivity index (χ0v) is 11.9. The molecule has 1 aliphatic rings. The lowest BCUT2D eigenvalue weighted by molar-refractivity contribution is -0.134. The first-order chi connectivity index (χ1) is 9.61. The van der Waals surface area contributed by atoms with Gasteiger partial charge in [-0.3, -0.25) is 4.79 Å². The standard InChI is InChI=1S/C15H19N3O2/c1-12(2)15(20)18-9-7-17(8-10-18)14-5-3-13(4-6-14)16-11-19/h3-6,12H,7-10H2,1-2H3. The van der Waals surface area contributed by atoms with Crippen LogP contribution in [0.5, 0.6) is 0 Å². The van der Waals surface area contributed by atoms with E-state index in [1.807, 2.05) is 30.9 Å². The van der Waals surface area contributed by atoms with E-state index >= 15 is 0 Å². The quantitative estimate of drug-likeness (QED) is 0.625. The molecule has 1 heterocycles. The van der Waals surface area contributed by atoms with Crippen LogP contribution >= 0.6 is 0 Å². The molecule has 0 N–H and O–H groups in total. The van der Waals surface area contributed by atoms with Crippen molar-refractivity contribution < 1.29 is 9.59 Å². The summed E-state index contributed by atoms with van der Waals surface area (Å²) in [7, 11) is 0. The Labute approximate surface area is 118 Å². The summed E-state index contributed by atoms with van der Waals surface area (Å²) in [5.41, 5.74) is 1.70. The maximum atomic E-state index is 11.9. The third-order valence-corrected chi connectivity index (χ3v) is 3.47. The third-order valence-electron chi connectivity index (χ3n) is 3.47. The number of amides is 1. The number of carbonyl (C=O) groups is 1. The minimum absolute atomic E-state index is 0.0574. The van der Waals surface area contributed by atoms with Crippen LogP contribution in [0.3, 0.4) is 0 Å². The maximum Gasteiger partial charge on any atom is 0.240 e. The van der Waals surface area contributed by atoms with Gasteiger partial charge in [0.25, 0.3) is 0 Å². The van der Waals surface area contributed by atoms with Gasteiger partial charge in [-0.25, -0.2) is 4.79 Å². The van der Waals surface area contributed by atoms with Crippen LogP contribution in [0.15, 0.2) is 29.3 Å². The molecule has 1 amide bonds. The highest BCUT2D eigenvalue weighted by Gasteiger charge is 2.22. The molecule has 1 fully saturated rings. The molecule has 20 heavy (non-hydrogen) atoms. The molecule has 1 saturated heterocycles. The summed E-state index contributed by atoms with van der Waals surface area (Å²) in [6.07, 6.45) is 1.53. The van der Waals surface area contributed by atoms with Crippen molar-refractivity contribution in [1.29, 1.82) is 0 Å². The summed E-state index contributed by atoms with van der Waals surface area (Å²) in [4.78, 5) is 29.8. The Bertz CT molecular complexity index is 510. The van der Waals surface area contributed by atoms with E-state index in [4.69, 9.17) is 0 Å². The Hall–Kier alpha value is -2.13. The van der Waals surface area contributed by atoms with E-state index in [2.05, 4.69) is 9.89 Å². The number of hydrogen-bond donors (Lipinski definition) is 0. The highest BCUT2D eigenvalue weighted by Crippen LogP contribution is 2.21. The SMILES string of the molecule is CC(C)C(=O)N1CCN(c2ccc(N=C=O)cc2)CC1. The van der Waals surface area contributed by atoms with Crippen LogP contribution < -0.4 is 4.90 Å². The minimum Gasteiger partial charge on any atom is -0.368 e. The number of carbonyl (C=O) groups excluding carboxylic acids is 2. The molecule has 2 rings (SSSR count). The van der Waals surface area contributed by atoms with Crippen LogP contribution in [-0.4, -0.2) is 43.1 Å². The molecule has 0 aromatic heterocycles. The number of isocyanates is 1. The molecule has 0 spiro atoms. The normalized spacial score (nSPS) is 15.2. The smallest absolute Gasteiger partial charge is 0.240 e. The first kappa shape index (κ1) is 14.3. The molecule has 0 aliphatic carbocycles. The van der Waals surface area contributed by atoms with Gasteiger partial charge in [0.1, 0.15) is 0 Å². The van der Waals surface area contributed by atoms with Crippen LogP contribution in [0.2, 0.25) is 0 Å². The second-order valence-corrected chi connectivity index (χ2v) is 5.19. The van der Waals surface area contributed by atoms with Gasteiger partial charge < -0.3 is 9.80 Å². The van der Waals surface area contributed by atoms with E-state index in [1.54, 1.807) is 12.1 Å². The average molecular weight is 273 g/mol. The Morgan fingerprint density at radius 2 is 1.75 bits per heavy atom. The summed E-state index contributed by atoms with van der Waals surface area (Å²) < 4.78 is 0. The first-order valence-corrected chi connectivity index (χ1v) is 6.83. The predicted octanol–water partition coefficient (Wildman–Crippen LogP) is 1.96. The summed E-state index contributed by atoms with van der Waals surface area (Å²) in [6, 6.07) is 7.48. The summed E-state index contributed by atoms with van der Waals surface area (Å²) in [5, 5.41) is 0. The second-order valence-electron chi connectivity index (χ2n) is 5.19. The molecule has 5 nitrogen and oxygen atoms in total. The first-order valence-electron chi connectivity index (χ1n) is 6.83. The Balaban J connectivity index is 1.96. The fraction of sp³-hybridized carbons (Fsp3) is 0.467. The number of benzene rings is 1. The molecule has 0 atom stereocenters. The van der Waals surface area contributed by atoms with Crippen LogP contribution in [0, 0.1) is 5.92 Å². The topological polar surface area (TPSA) is 53.0 Å². The lowest BCUT2D eigenvalue weighted by Crippen LogP contribution is -2.49. The molecule has 0 radical (unpaired) electrons. The summed E-state index contributed by atoms with van der Waals surface area (Å²) in [6.45, 7) is 7.03. The molecule has 5 heteroatoms. The molecule has 0 saturated carbocycles.